The van der Waals surface area contributed by atoms with E-state index in [-0.39, 0.29) is 7.43 Å². The molecule has 0 radical (unpaired) electrons. The summed E-state index contributed by atoms with van der Waals surface area (Å²) in [7, 11) is 0. The fraction of sp³-hybridized carbons (Fsp3) is 1.00. The molecule has 1 heteroatoms. The molecule has 0 unspecified atom stereocenters. The fourth-order valence-electron chi connectivity index (χ4n) is 0.744. The minimum absolute atomic E-state index is 0. The van der Waals surface area contributed by atoms with E-state index in [1.807, 2.05) is 0 Å². The highest BCUT2D eigenvalue weighted by atomic mass is 16.5. The van der Waals surface area contributed by atoms with Gasteiger partial charge >= 0.3 is 0 Å². The molecule has 0 rings (SSSR count). The quantitative estimate of drug-likeness (QED) is 0.554. The molecule has 13 heavy (non-hydrogen) atoms. The molecule has 0 bridgehead atoms. The molecular formula is C12H30O. The van der Waals surface area contributed by atoms with Crippen LogP contribution in [0, 0.1) is 0 Å². The molecule has 0 aromatic rings. The third-order valence-corrected chi connectivity index (χ3v) is 1.40. The lowest BCUT2D eigenvalue weighted by molar-refractivity contribution is 0.135. The zero-order valence-electron chi connectivity index (χ0n) is 9.36. The van der Waals surface area contributed by atoms with Crippen LogP contribution >= 0.6 is 0 Å². The number of hydrogen-bond donors (Lipinski definition) is 0. The van der Waals surface area contributed by atoms with E-state index in [1.165, 1.54) is 19.3 Å². The van der Waals surface area contributed by atoms with Gasteiger partial charge in [0.05, 0.1) is 0 Å². The van der Waals surface area contributed by atoms with Crippen molar-refractivity contribution in [2.24, 2.45) is 0 Å². The first-order chi connectivity index (χ1) is 5.83. The van der Waals surface area contributed by atoms with Crippen molar-refractivity contribution in [2.45, 2.75) is 67.2 Å². The van der Waals surface area contributed by atoms with E-state index in [4.69, 9.17) is 4.74 Å². The largest absolute Gasteiger partial charge is 0.381 e. The second kappa shape index (κ2) is 22.7. The maximum Gasteiger partial charge on any atom is 0.0463 e. The maximum absolute atomic E-state index is 5.13. The first-order valence-electron chi connectivity index (χ1n) is 5.41. The van der Waals surface area contributed by atoms with E-state index in [0.29, 0.717) is 0 Å². The van der Waals surface area contributed by atoms with E-state index in [0.717, 1.165) is 26.1 Å². The number of ether oxygens (including phenoxy) is 1. The van der Waals surface area contributed by atoms with Gasteiger partial charge in [0.2, 0.25) is 0 Å². The molecule has 0 aromatic carbocycles. The van der Waals surface area contributed by atoms with Crippen LogP contribution in [0.4, 0.5) is 0 Å². The lowest BCUT2D eigenvalue weighted by Gasteiger charge is -1.95. The average molecular weight is 190 g/mol. The number of hydrogen-bond acceptors (Lipinski definition) is 1. The molecule has 1 nitrogen and oxygen atoms in total. The van der Waals surface area contributed by atoms with Gasteiger partial charge in [-0.25, -0.2) is 0 Å². The van der Waals surface area contributed by atoms with Crippen LogP contribution in [0.15, 0.2) is 0 Å². The van der Waals surface area contributed by atoms with Gasteiger partial charge in [0.1, 0.15) is 0 Å². The lowest BCUT2D eigenvalue weighted by Crippen LogP contribution is -1.92. The van der Waals surface area contributed by atoms with Crippen molar-refractivity contribution < 1.29 is 4.74 Å². The molecule has 0 atom stereocenters. The van der Waals surface area contributed by atoms with Crippen molar-refractivity contribution in [2.75, 3.05) is 13.2 Å². The van der Waals surface area contributed by atoms with E-state index in [9.17, 15) is 0 Å². The van der Waals surface area contributed by atoms with Crippen LogP contribution < -0.4 is 0 Å². The summed E-state index contributed by atoms with van der Waals surface area (Å²) in [6.07, 6.45) is 6.35. The van der Waals surface area contributed by atoms with Crippen LogP contribution in [0.2, 0.25) is 0 Å². The van der Waals surface area contributed by atoms with Gasteiger partial charge < -0.3 is 4.74 Å². The van der Waals surface area contributed by atoms with Crippen molar-refractivity contribution in [1.29, 1.82) is 0 Å². The van der Waals surface area contributed by atoms with Crippen molar-refractivity contribution >= 4 is 0 Å². The first-order valence-corrected chi connectivity index (χ1v) is 5.41. The molecule has 0 amide bonds. The summed E-state index contributed by atoms with van der Waals surface area (Å²) in [5, 5.41) is 0. The van der Waals surface area contributed by atoms with Gasteiger partial charge in [0, 0.05) is 13.2 Å². The highest BCUT2D eigenvalue weighted by Crippen LogP contribution is 1.88. The Morgan fingerprint density at radius 3 is 1.23 bits per heavy atom. The standard InChI is InChI=1S/C6H14O.C5H12.CH4/c1-3-5-7-6-4-2;1-3-5-4-2;/h3-6H2,1-2H3;3-5H2,1-2H3;1H4. The minimum Gasteiger partial charge on any atom is -0.381 e. The topological polar surface area (TPSA) is 9.23 Å². The van der Waals surface area contributed by atoms with E-state index < -0.39 is 0 Å². The Labute approximate surface area is 85.9 Å². The molecule has 0 fully saturated rings. The van der Waals surface area contributed by atoms with Gasteiger partial charge in [-0.05, 0) is 12.8 Å². The fourth-order valence-corrected chi connectivity index (χ4v) is 0.744. The van der Waals surface area contributed by atoms with Gasteiger partial charge in [0.15, 0.2) is 0 Å². The summed E-state index contributed by atoms with van der Waals surface area (Å²) < 4.78 is 5.13. The molecule has 0 heterocycles. The zero-order chi connectivity index (χ0) is 9.66. The smallest absolute Gasteiger partial charge is 0.0463 e. The summed E-state index contributed by atoms with van der Waals surface area (Å²) in [6, 6.07) is 0. The molecule has 0 aromatic heterocycles. The Balaban J connectivity index is -0.000000150. The molecule has 0 saturated heterocycles. The highest BCUT2D eigenvalue weighted by Gasteiger charge is 1.77. The van der Waals surface area contributed by atoms with Crippen LogP contribution in [0.5, 0.6) is 0 Å². The van der Waals surface area contributed by atoms with Crippen molar-refractivity contribution in [3.63, 3.8) is 0 Å². The molecule has 0 spiro atoms. The van der Waals surface area contributed by atoms with Crippen LogP contribution in [0.3, 0.4) is 0 Å². The highest BCUT2D eigenvalue weighted by molar-refractivity contribution is 4.25. The van der Waals surface area contributed by atoms with Gasteiger partial charge in [-0.1, -0.05) is 54.4 Å². The average Bonchev–Trinajstić information content (AvgIpc) is 2.08. The monoisotopic (exact) mass is 190 g/mol. The van der Waals surface area contributed by atoms with Gasteiger partial charge in [-0.15, -0.1) is 0 Å². The second-order valence-electron chi connectivity index (χ2n) is 2.97. The minimum atomic E-state index is 0. The van der Waals surface area contributed by atoms with Crippen LogP contribution in [0.1, 0.15) is 67.2 Å². The Morgan fingerprint density at radius 1 is 0.692 bits per heavy atom. The van der Waals surface area contributed by atoms with E-state index in [2.05, 4.69) is 27.7 Å². The zero-order valence-corrected chi connectivity index (χ0v) is 9.36. The molecule has 0 N–H and O–H groups in total. The normalized spacial score (nSPS) is 8.31. The molecular weight excluding hydrogens is 160 g/mol. The second-order valence-corrected chi connectivity index (χ2v) is 2.97. The van der Waals surface area contributed by atoms with E-state index >= 15 is 0 Å². The Kier molecular flexibility index (Phi) is 32.6. The van der Waals surface area contributed by atoms with Crippen LogP contribution in [-0.2, 0) is 4.74 Å². The van der Waals surface area contributed by atoms with Crippen molar-refractivity contribution in [1.82, 2.24) is 0 Å². The Morgan fingerprint density at radius 2 is 1.08 bits per heavy atom. The van der Waals surface area contributed by atoms with Gasteiger partial charge in [-0.3, -0.25) is 0 Å². The van der Waals surface area contributed by atoms with Gasteiger partial charge in [-0.2, -0.15) is 0 Å². The summed E-state index contributed by atoms with van der Waals surface area (Å²) in [6.45, 7) is 10.5. The Bertz CT molecular complexity index is 47.1. The predicted molar refractivity (Wildman–Crippen MR) is 63.3 cm³/mol. The lowest BCUT2D eigenvalue weighted by atomic mass is 10.3. The van der Waals surface area contributed by atoms with Crippen LogP contribution in [0.25, 0.3) is 0 Å². The summed E-state index contributed by atoms with van der Waals surface area (Å²) in [5.74, 6) is 0. The first kappa shape index (κ1) is 18.7. The Hall–Kier alpha value is -0.0400. The van der Waals surface area contributed by atoms with Crippen molar-refractivity contribution in [3.05, 3.63) is 0 Å². The number of rotatable bonds is 6. The van der Waals surface area contributed by atoms with Gasteiger partial charge in [0.25, 0.3) is 0 Å². The molecule has 0 saturated carbocycles. The third-order valence-electron chi connectivity index (χ3n) is 1.40. The SMILES string of the molecule is C.CCCCC.CCCOCCC. The van der Waals surface area contributed by atoms with Crippen LogP contribution in [-0.4, -0.2) is 13.2 Å². The van der Waals surface area contributed by atoms with E-state index in [1.54, 1.807) is 0 Å². The summed E-state index contributed by atoms with van der Waals surface area (Å²) >= 11 is 0. The molecule has 0 aliphatic heterocycles. The predicted octanol–water partition coefficient (Wildman–Crippen LogP) is 4.66. The summed E-state index contributed by atoms with van der Waals surface area (Å²) in [4.78, 5) is 0. The maximum atomic E-state index is 5.13. The molecule has 0 aliphatic carbocycles. The van der Waals surface area contributed by atoms with Crippen molar-refractivity contribution in [3.8, 4) is 0 Å². The molecule has 0 aliphatic rings. The third kappa shape index (κ3) is 33.4. The molecule has 84 valence electrons. The summed E-state index contributed by atoms with van der Waals surface area (Å²) in [5.41, 5.74) is 0. The number of unbranched alkanes of at least 4 members (excludes halogenated alkanes) is 2.